The van der Waals surface area contributed by atoms with Crippen LogP contribution in [0.2, 0.25) is 0 Å². The highest BCUT2D eigenvalue weighted by Gasteiger charge is 2.56. The van der Waals surface area contributed by atoms with Crippen molar-refractivity contribution >= 4 is 16.6 Å². The first kappa shape index (κ1) is 27.2. The molecule has 7 rings (SSSR count). The third-order valence-electron chi connectivity index (χ3n) is 11.7. The molecule has 216 valence electrons. The molecule has 1 unspecified atom stereocenters. The van der Waals surface area contributed by atoms with Crippen LogP contribution in [0.1, 0.15) is 106 Å². The number of carbonyl (C=O) groups excluding carboxylic acids is 1. The van der Waals surface area contributed by atoms with Crippen LogP contribution < -0.4 is 0 Å². The molecule has 0 spiro atoms. The van der Waals surface area contributed by atoms with Gasteiger partial charge in [-0.15, -0.1) is 0 Å². The highest BCUT2D eigenvalue weighted by molar-refractivity contribution is 5.88. The zero-order valence-electron chi connectivity index (χ0n) is 24.4. The number of ketones is 1. The van der Waals surface area contributed by atoms with Gasteiger partial charge in [0.2, 0.25) is 0 Å². The molecular weight excluding hydrogens is 512 g/mol. The molecule has 4 atom stereocenters. The van der Waals surface area contributed by atoms with Gasteiger partial charge in [-0.1, -0.05) is 48.9 Å². The van der Waals surface area contributed by atoms with E-state index in [9.17, 15) is 13.6 Å². The van der Waals surface area contributed by atoms with E-state index in [0.717, 1.165) is 62.6 Å². The van der Waals surface area contributed by atoms with Crippen LogP contribution in [0.25, 0.3) is 10.8 Å². The molecule has 1 aromatic heterocycles. The molecule has 2 aromatic carbocycles. The average Bonchev–Trinajstić information content (AvgIpc) is 3.47. The summed E-state index contributed by atoms with van der Waals surface area (Å²) in [5.74, 6) is 0.0606. The molecule has 4 heteroatoms. The van der Waals surface area contributed by atoms with Gasteiger partial charge in [-0.3, -0.25) is 9.78 Å². The number of benzene rings is 2. The molecule has 3 fully saturated rings. The number of hydrogen-bond donors (Lipinski definition) is 0. The largest absolute Gasteiger partial charge is 0.299 e. The summed E-state index contributed by atoms with van der Waals surface area (Å²) in [5.41, 5.74) is 3.09. The second-order valence-corrected chi connectivity index (χ2v) is 14.0. The monoisotopic (exact) mass is 555 g/mol. The normalized spacial score (nSPS) is 31.9. The Morgan fingerprint density at radius 2 is 1.73 bits per heavy atom. The Morgan fingerprint density at radius 1 is 0.927 bits per heavy atom. The summed E-state index contributed by atoms with van der Waals surface area (Å²) in [4.78, 5) is 18.9. The fourth-order valence-corrected chi connectivity index (χ4v) is 9.54. The predicted octanol–water partition coefficient (Wildman–Crippen LogP) is 9.58. The second-order valence-electron chi connectivity index (χ2n) is 14.0. The first-order valence-corrected chi connectivity index (χ1v) is 16.2. The number of rotatable bonds is 5. The van der Waals surface area contributed by atoms with Crippen molar-refractivity contribution in [2.24, 2.45) is 29.1 Å². The first-order valence-electron chi connectivity index (χ1n) is 16.2. The maximum atomic E-state index is 14.5. The summed E-state index contributed by atoms with van der Waals surface area (Å²) >= 11 is 0. The number of alkyl halides is 2. The molecule has 3 saturated carbocycles. The summed E-state index contributed by atoms with van der Waals surface area (Å²) in [7, 11) is 0. The Labute approximate surface area is 243 Å². The Morgan fingerprint density at radius 3 is 2.54 bits per heavy atom. The van der Waals surface area contributed by atoms with Gasteiger partial charge in [-0.05, 0) is 129 Å². The minimum absolute atomic E-state index is 0.0264. The number of pyridine rings is 1. The van der Waals surface area contributed by atoms with Gasteiger partial charge in [0.25, 0.3) is 5.92 Å². The molecule has 2 nitrogen and oxygen atoms in total. The zero-order chi connectivity index (χ0) is 28.2. The Bertz CT molecular complexity index is 1430. The molecule has 3 aromatic rings. The lowest BCUT2D eigenvalue weighted by atomic mass is 9.68. The number of aromatic nitrogens is 1. The van der Waals surface area contributed by atoms with Gasteiger partial charge in [-0.2, -0.15) is 0 Å². The molecule has 0 bridgehead atoms. The summed E-state index contributed by atoms with van der Waals surface area (Å²) in [6, 6.07) is 17.3. The Balaban J connectivity index is 1.04. The van der Waals surface area contributed by atoms with E-state index in [1.54, 1.807) is 6.07 Å². The average molecular weight is 556 g/mol. The number of fused-ring (bicyclic) bond motifs is 3. The molecule has 0 saturated heterocycles. The van der Waals surface area contributed by atoms with Crippen LogP contribution in [0.5, 0.6) is 0 Å². The molecule has 0 amide bonds. The standard InChI is InChI=1S/C37H43F2NO/c1-36(38,39)33-20-30-19-29(8-4-10-34(30)40-23-33)35(41)37-17-5-9-32(37)21-31(22-37)26-13-11-25(12-14-26)28-16-15-24-6-2-3-7-27(24)18-28/h2-3,6-7,15-16,18,20,23,25-26,29,31-32H,4-5,8-14,17,19,21-22H2,1H3/t25?,26?,29?,31-,32-,37-/m1/s1. The topological polar surface area (TPSA) is 30.0 Å². The van der Waals surface area contributed by atoms with Gasteiger partial charge >= 0.3 is 0 Å². The minimum atomic E-state index is -2.91. The zero-order valence-corrected chi connectivity index (χ0v) is 24.4. The maximum Gasteiger partial charge on any atom is 0.272 e. The van der Waals surface area contributed by atoms with Crippen molar-refractivity contribution in [3.8, 4) is 0 Å². The van der Waals surface area contributed by atoms with Crippen LogP contribution in [0.15, 0.2) is 54.7 Å². The summed E-state index contributed by atoms with van der Waals surface area (Å²) in [5, 5.41) is 2.65. The van der Waals surface area contributed by atoms with Crippen molar-refractivity contribution in [1.82, 2.24) is 4.98 Å². The van der Waals surface area contributed by atoms with Crippen LogP contribution in [0.3, 0.4) is 0 Å². The Kier molecular flexibility index (Phi) is 7.03. The van der Waals surface area contributed by atoms with Crippen LogP contribution in [-0.4, -0.2) is 10.8 Å². The molecular formula is C37H43F2NO. The number of aryl methyl sites for hydroxylation is 1. The van der Waals surface area contributed by atoms with E-state index < -0.39 is 5.92 Å². The lowest BCUT2D eigenvalue weighted by Gasteiger charge is -2.35. The molecule has 4 aliphatic rings. The van der Waals surface area contributed by atoms with Crippen LogP contribution >= 0.6 is 0 Å². The summed E-state index contributed by atoms with van der Waals surface area (Å²) in [6.45, 7) is 0.936. The van der Waals surface area contributed by atoms with Gasteiger partial charge in [0.05, 0.1) is 0 Å². The van der Waals surface area contributed by atoms with Crippen LogP contribution in [0.4, 0.5) is 8.78 Å². The van der Waals surface area contributed by atoms with Gasteiger partial charge < -0.3 is 0 Å². The predicted molar refractivity (Wildman–Crippen MR) is 160 cm³/mol. The van der Waals surface area contributed by atoms with Gasteiger partial charge in [0, 0.05) is 35.7 Å². The van der Waals surface area contributed by atoms with Crippen LogP contribution in [0, 0.1) is 29.1 Å². The number of halogens is 2. The van der Waals surface area contributed by atoms with Crippen molar-refractivity contribution in [3.63, 3.8) is 0 Å². The first-order chi connectivity index (χ1) is 19.8. The minimum Gasteiger partial charge on any atom is -0.299 e. The van der Waals surface area contributed by atoms with E-state index in [-0.39, 0.29) is 16.9 Å². The van der Waals surface area contributed by atoms with Gasteiger partial charge in [0.1, 0.15) is 5.78 Å². The summed E-state index contributed by atoms with van der Waals surface area (Å²) < 4.78 is 28.2. The fourth-order valence-electron chi connectivity index (χ4n) is 9.54. The lowest BCUT2D eigenvalue weighted by Crippen LogP contribution is -2.37. The van der Waals surface area contributed by atoms with Crippen molar-refractivity contribution in [2.75, 3.05) is 0 Å². The van der Waals surface area contributed by atoms with E-state index in [0.29, 0.717) is 30.0 Å². The fraction of sp³-hybridized carbons (Fsp3) is 0.568. The summed E-state index contributed by atoms with van der Waals surface area (Å²) in [6.07, 6.45) is 15.2. The van der Waals surface area contributed by atoms with E-state index in [4.69, 9.17) is 0 Å². The SMILES string of the molecule is CC(F)(F)c1cnc2c(c1)CC(C(=O)[C@@]13CCC[C@@H]1C[C@@H](C1CCC(c4ccc5ccccc5c4)CC1)C3)CCC2. The van der Waals surface area contributed by atoms with Crippen LogP contribution in [-0.2, 0) is 23.6 Å². The van der Waals surface area contributed by atoms with Gasteiger partial charge in [0.15, 0.2) is 0 Å². The number of hydrogen-bond acceptors (Lipinski definition) is 2. The van der Waals surface area contributed by atoms with Crippen molar-refractivity contribution < 1.29 is 13.6 Å². The molecule has 41 heavy (non-hydrogen) atoms. The number of carbonyl (C=O) groups is 1. The van der Waals surface area contributed by atoms with E-state index in [2.05, 4.69) is 47.4 Å². The molecule has 1 heterocycles. The van der Waals surface area contributed by atoms with Gasteiger partial charge in [-0.25, -0.2) is 8.78 Å². The Hall–Kier alpha value is -2.62. The van der Waals surface area contributed by atoms with E-state index >= 15 is 0 Å². The van der Waals surface area contributed by atoms with E-state index in [1.165, 1.54) is 61.1 Å². The highest BCUT2D eigenvalue weighted by atomic mass is 19.3. The van der Waals surface area contributed by atoms with Crippen molar-refractivity contribution in [2.45, 2.75) is 102 Å². The third kappa shape index (κ3) is 5.04. The molecule has 0 N–H and O–H groups in total. The molecule has 0 aliphatic heterocycles. The smallest absolute Gasteiger partial charge is 0.272 e. The quantitative estimate of drug-likeness (QED) is 0.293. The number of nitrogens with zero attached hydrogens (tertiary/aromatic N) is 1. The van der Waals surface area contributed by atoms with Crippen molar-refractivity contribution in [1.29, 1.82) is 0 Å². The highest BCUT2D eigenvalue weighted by Crippen LogP contribution is 2.61. The van der Waals surface area contributed by atoms with E-state index in [1.807, 2.05) is 0 Å². The maximum absolute atomic E-state index is 14.5. The second kappa shape index (κ2) is 10.6. The number of Topliss-reactive ketones (excluding diaryl/α,β-unsaturated/α-hetero) is 1. The molecule has 0 radical (unpaired) electrons. The lowest BCUT2D eigenvalue weighted by molar-refractivity contribution is -0.134. The third-order valence-corrected chi connectivity index (χ3v) is 11.7. The molecule has 4 aliphatic carbocycles. The van der Waals surface area contributed by atoms with Crippen molar-refractivity contribution in [3.05, 3.63) is 77.1 Å².